The topological polar surface area (TPSA) is 51.0 Å². The first-order valence-electron chi connectivity index (χ1n) is 5.98. The van der Waals surface area contributed by atoms with Gasteiger partial charge in [0.25, 0.3) is 0 Å². The van der Waals surface area contributed by atoms with Crippen molar-refractivity contribution in [3.8, 4) is 11.6 Å². The van der Waals surface area contributed by atoms with Gasteiger partial charge in [0.15, 0.2) is 5.76 Å². The number of hydrogen-bond donors (Lipinski definition) is 1. The van der Waals surface area contributed by atoms with Crippen LogP contribution in [0.25, 0.3) is 22.6 Å². The molecule has 0 bridgehead atoms. The standard InChI is InChI=1S/C13H11N3OS/c1-2-4-10-8(3-1)7-11(17-10)12-15-13(18-16-12)14-9-5-6-9/h1-4,7,9H,5-6H2,(H,14,15,16). The first kappa shape index (κ1) is 10.1. The molecule has 90 valence electrons. The highest BCUT2D eigenvalue weighted by atomic mass is 32.1. The van der Waals surface area contributed by atoms with E-state index in [1.807, 2.05) is 30.3 Å². The maximum absolute atomic E-state index is 5.74. The molecule has 0 radical (unpaired) electrons. The number of furan rings is 1. The van der Waals surface area contributed by atoms with Gasteiger partial charge in [0.2, 0.25) is 11.0 Å². The molecule has 2 heterocycles. The summed E-state index contributed by atoms with van der Waals surface area (Å²) in [6, 6.07) is 10.5. The van der Waals surface area contributed by atoms with Crippen LogP contribution in [0.2, 0.25) is 0 Å². The molecule has 2 aromatic heterocycles. The van der Waals surface area contributed by atoms with Crippen LogP contribution in [0, 0.1) is 0 Å². The van der Waals surface area contributed by atoms with E-state index in [1.165, 1.54) is 24.4 Å². The van der Waals surface area contributed by atoms with Crippen LogP contribution < -0.4 is 5.32 Å². The maximum Gasteiger partial charge on any atom is 0.210 e. The Kier molecular flexibility index (Phi) is 2.14. The molecule has 0 spiro atoms. The number of benzene rings is 1. The maximum atomic E-state index is 5.74. The molecule has 4 rings (SSSR count). The van der Waals surface area contributed by atoms with Crippen LogP contribution in [-0.4, -0.2) is 15.4 Å². The number of hydrogen-bond acceptors (Lipinski definition) is 5. The molecule has 1 saturated carbocycles. The lowest BCUT2D eigenvalue weighted by Crippen LogP contribution is -1.99. The fourth-order valence-corrected chi connectivity index (χ4v) is 2.53. The van der Waals surface area contributed by atoms with Crippen molar-refractivity contribution in [2.75, 3.05) is 5.32 Å². The van der Waals surface area contributed by atoms with E-state index in [9.17, 15) is 0 Å². The fraction of sp³-hybridized carbons (Fsp3) is 0.231. The Morgan fingerprint density at radius 2 is 2.17 bits per heavy atom. The Bertz CT molecular complexity index is 666. The summed E-state index contributed by atoms with van der Waals surface area (Å²) in [7, 11) is 0. The largest absolute Gasteiger partial charge is 0.453 e. The van der Waals surface area contributed by atoms with Crippen molar-refractivity contribution in [3.63, 3.8) is 0 Å². The number of rotatable bonds is 3. The highest BCUT2D eigenvalue weighted by Crippen LogP contribution is 2.30. The highest BCUT2D eigenvalue weighted by Gasteiger charge is 2.22. The van der Waals surface area contributed by atoms with Crippen molar-refractivity contribution in [1.82, 2.24) is 9.36 Å². The molecule has 0 atom stereocenters. The average Bonchev–Trinajstić information content (AvgIpc) is 2.92. The van der Waals surface area contributed by atoms with Gasteiger partial charge in [-0.2, -0.15) is 9.36 Å². The van der Waals surface area contributed by atoms with Crippen molar-refractivity contribution in [1.29, 1.82) is 0 Å². The van der Waals surface area contributed by atoms with E-state index in [1.54, 1.807) is 0 Å². The number of fused-ring (bicyclic) bond motifs is 1. The number of anilines is 1. The molecule has 3 aromatic rings. The predicted molar refractivity (Wildman–Crippen MR) is 71.8 cm³/mol. The average molecular weight is 257 g/mol. The van der Waals surface area contributed by atoms with Crippen LogP contribution in [0.5, 0.6) is 0 Å². The second-order valence-electron chi connectivity index (χ2n) is 4.49. The van der Waals surface area contributed by atoms with Crippen LogP contribution in [0.15, 0.2) is 34.7 Å². The van der Waals surface area contributed by atoms with Crippen LogP contribution in [0.3, 0.4) is 0 Å². The summed E-state index contributed by atoms with van der Waals surface area (Å²) in [5, 5.41) is 5.31. The van der Waals surface area contributed by atoms with Crippen molar-refractivity contribution in [2.24, 2.45) is 0 Å². The second-order valence-corrected chi connectivity index (χ2v) is 5.24. The molecule has 1 N–H and O–H groups in total. The summed E-state index contributed by atoms with van der Waals surface area (Å²) in [4.78, 5) is 4.46. The van der Waals surface area contributed by atoms with Crippen molar-refractivity contribution in [3.05, 3.63) is 30.3 Å². The number of nitrogens with zero attached hydrogens (tertiary/aromatic N) is 2. The Hall–Kier alpha value is -1.88. The zero-order valence-corrected chi connectivity index (χ0v) is 10.4. The number of nitrogens with one attached hydrogen (secondary N) is 1. The van der Waals surface area contributed by atoms with E-state index < -0.39 is 0 Å². The summed E-state index contributed by atoms with van der Waals surface area (Å²) in [6.45, 7) is 0. The van der Waals surface area contributed by atoms with Gasteiger partial charge in [-0.25, -0.2) is 0 Å². The van der Waals surface area contributed by atoms with Gasteiger partial charge in [-0.05, 0) is 25.0 Å². The smallest absolute Gasteiger partial charge is 0.210 e. The van der Waals surface area contributed by atoms with Gasteiger partial charge in [0.1, 0.15) is 5.58 Å². The zero-order chi connectivity index (χ0) is 11.9. The lowest BCUT2D eigenvalue weighted by molar-refractivity contribution is 0.627. The summed E-state index contributed by atoms with van der Waals surface area (Å²) in [6.07, 6.45) is 2.47. The normalized spacial score (nSPS) is 15.1. The van der Waals surface area contributed by atoms with E-state index in [-0.39, 0.29) is 0 Å². The molecule has 0 amide bonds. The Labute approximate surface area is 108 Å². The number of aromatic nitrogens is 2. The molecule has 1 aliphatic rings. The SMILES string of the molecule is c1ccc2oc(-c3nsc(NC4CC4)n3)cc2c1. The van der Waals surface area contributed by atoms with Gasteiger partial charge < -0.3 is 9.73 Å². The van der Waals surface area contributed by atoms with Crippen LogP contribution >= 0.6 is 11.5 Å². The molecule has 0 unspecified atom stereocenters. The quantitative estimate of drug-likeness (QED) is 0.780. The molecule has 1 fully saturated rings. The third kappa shape index (κ3) is 1.76. The zero-order valence-electron chi connectivity index (χ0n) is 9.59. The lowest BCUT2D eigenvalue weighted by atomic mass is 10.2. The van der Waals surface area contributed by atoms with Gasteiger partial charge in [-0.15, -0.1) is 0 Å². The highest BCUT2D eigenvalue weighted by molar-refractivity contribution is 7.09. The molecule has 0 aliphatic heterocycles. The summed E-state index contributed by atoms with van der Waals surface area (Å²) in [5.41, 5.74) is 0.874. The van der Waals surface area contributed by atoms with Crippen molar-refractivity contribution in [2.45, 2.75) is 18.9 Å². The first-order valence-corrected chi connectivity index (χ1v) is 6.75. The van der Waals surface area contributed by atoms with Gasteiger partial charge in [0, 0.05) is 23.0 Å². The summed E-state index contributed by atoms with van der Waals surface area (Å²) < 4.78 is 10.1. The van der Waals surface area contributed by atoms with Gasteiger partial charge in [-0.3, -0.25) is 0 Å². The van der Waals surface area contributed by atoms with Crippen LogP contribution in [-0.2, 0) is 0 Å². The van der Waals surface area contributed by atoms with Crippen molar-refractivity contribution >= 4 is 27.6 Å². The Morgan fingerprint density at radius 3 is 3.00 bits per heavy atom. The second kappa shape index (κ2) is 3.81. The van der Waals surface area contributed by atoms with E-state index >= 15 is 0 Å². The molecule has 4 nitrogen and oxygen atoms in total. The number of para-hydroxylation sites is 1. The van der Waals surface area contributed by atoms with E-state index in [2.05, 4.69) is 14.7 Å². The van der Waals surface area contributed by atoms with E-state index in [4.69, 9.17) is 4.42 Å². The Balaban J connectivity index is 1.70. The molecular formula is C13H11N3OS. The minimum atomic E-state index is 0.599. The molecular weight excluding hydrogens is 246 g/mol. The van der Waals surface area contributed by atoms with Crippen LogP contribution in [0.4, 0.5) is 5.13 Å². The lowest BCUT2D eigenvalue weighted by Gasteiger charge is -1.94. The monoisotopic (exact) mass is 257 g/mol. The Morgan fingerprint density at radius 1 is 1.28 bits per heavy atom. The molecule has 18 heavy (non-hydrogen) atoms. The molecule has 1 aliphatic carbocycles. The minimum Gasteiger partial charge on any atom is -0.453 e. The van der Waals surface area contributed by atoms with E-state index in [0.29, 0.717) is 11.9 Å². The molecule has 5 heteroatoms. The van der Waals surface area contributed by atoms with E-state index in [0.717, 1.165) is 21.9 Å². The minimum absolute atomic E-state index is 0.599. The summed E-state index contributed by atoms with van der Waals surface area (Å²) in [5.74, 6) is 1.40. The van der Waals surface area contributed by atoms with Crippen molar-refractivity contribution < 1.29 is 4.42 Å². The molecule has 1 aromatic carbocycles. The first-order chi connectivity index (χ1) is 8.88. The van der Waals surface area contributed by atoms with Gasteiger partial charge >= 0.3 is 0 Å². The third-order valence-electron chi connectivity index (χ3n) is 2.98. The van der Waals surface area contributed by atoms with Gasteiger partial charge in [-0.1, -0.05) is 18.2 Å². The summed E-state index contributed by atoms with van der Waals surface area (Å²) >= 11 is 1.39. The van der Waals surface area contributed by atoms with Crippen LogP contribution in [0.1, 0.15) is 12.8 Å². The predicted octanol–water partition coefficient (Wildman–Crippen LogP) is 3.53. The fourth-order valence-electron chi connectivity index (χ4n) is 1.88. The molecule has 0 saturated heterocycles. The third-order valence-corrected chi connectivity index (χ3v) is 3.62. The van der Waals surface area contributed by atoms with Gasteiger partial charge in [0.05, 0.1) is 0 Å².